The van der Waals surface area contributed by atoms with Crippen LogP contribution >= 0.6 is 7.92 Å². The van der Waals surface area contributed by atoms with Gasteiger partial charge in [-0.3, -0.25) is 0 Å². The Bertz CT molecular complexity index is 764. The van der Waals surface area contributed by atoms with Gasteiger partial charge in [0, 0.05) is 0 Å². The molecule has 0 unspecified atom stereocenters. The molecule has 0 aliphatic carbocycles. The van der Waals surface area contributed by atoms with Crippen molar-refractivity contribution in [2.75, 3.05) is 0 Å². The zero-order chi connectivity index (χ0) is 21.0. The lowest BCUT2D eigenvalue weighted by molar-refractivity contribution is 0.562. The van der Waals surface area contributed by atoms with Gasteiger partial charge in [-0.15, -0.1) is 0 Å². The predicted octanol–water partition coefficient (Wildman–Crippen LogP) is 2.88. The van der Waals surface area contributed by atoms with Crippen LogP contribution in [0.25, 0.3) is 0 Å². The first-order chi connectivity index (χ1) is 13.7. The third-order valence-corrected chi connectivity index (χ3v) is 5.92. The van der Waals surface area contributed by atoms with Gasteiger partial charge < -0.3 is 0 Å². The second-order valence-corrected chi connectivity index (χ2v) is 7.26. The molecule has 0 atom stereocenters. The Balaban J connectivity index is 0.000000695. The van der Waals surface area contributed by atoms with Gasteiger partial charge in [0.1, 0.15) is 15.9 Å². The molecular formula is C21H19N3O3P+. The number of benzene rings is 3. The molecule has 0 aromatic heterocycles. The molecule has 3 N–H and O–H groups in total. The average Bonchev–Trinajstić information content (AvgIpc) is 2.73. The molecule has 0 saturated carbocycles. The maximum Gasteiger partial charge on any atom is 0.231 e. The average molecular weight is 392 g/mol. The Morgan fingerprint density at radius 2 is 0.643 bits per heavy atom. The molecule has 0 saturated heterocycles. The summed E-state index contributed by atoms with van der Waals surface area (Å²) >= 11 is 0. The first kappa shape index (κ1) is 24.2. The molecule has 7 heteroatoms. The number of isocyanates is 3. The molecule has 140 valence electrons. The molecule has 0 bridgehead atoms. The first-order valence-corrected chi connectivity index (χ1v) is 9.34. The van der Waals surface area contributed by atoms with E-state index in [-0.39, 0.29) is 0 Å². The summed E-state index contributed by atoms with van der Waals surface area (Å²) in [7, 11) is -0.877. The Kier molecular flexibility index (Phi) is 14.4. The van der Waals surface area contributed by atoms with Crippen molar-refractivity contribution in [3.05, 3.63) is 91.0 Å². The zero-order valence-electron chi connectivity index (χ0n) is 14.9. The van der Waals surface area contributed by atoms with E-state index in [0.717, 1.165) is 18.2 Å². The highest BCUT2D eigenvalue weighted by Crippen LogP contribution is 2.32. The lowest BCUT2D eigenvalue weighted by Gasteiger charge is -2.10. The zero-order valence-corrected chi connectivity index (χ0v) is 15.9. The fourth-order valence-corrected chi connectivity index (χ4v) is 4.89. The van der Waals surface area contributed by atoms with Crippen molar-refractivity contribution >= 4 is 42.1 Å². The largest absolute Gasteiger partial charge is 0.231 e. The van der Waals surface area contributed by atoms with Crippen molar-refractivity contribution < 1.29 is 14.4 Å². The summed E-state index contributed by atoms with van der Waals surface area (Å²) in [4.78, 5) is 25.0. The standard InChI is InChI=1S/C18H15P.3CHNO/c1-4-10-16(11-5-1)19(17-12-6-2-7-13-17)18-14-8-3-9-15-18;3*2-1-3/h1-15H;3*2H/p+1. The number of rotatable bonds is 3. The second-order valence-electron chi connectivity index (χ2n) is 4.78. The molecule has 0 aliphatic rings. The molecule has 3 rings (SSSR count). The van der Waals surface area contributed by atoms with Gasteiger partial charge in [-0.1, -0.05) is 54.6 Å². The SMILES string of the molecule is N=C=O.N=C=O.N=C=O.c1ccc([PH+](c2ccccc2)c2ccccc2)cc1. The van der Waals surface area contributed by atoms with Gasteiger partial charge in [-0.2, -0.15) is 0 Å². The fraction of sp³-hybridized carbons (Fsp3) is 0. The van der Waals surface area contributed by atoms with Crippen molar-refractivity contribution in [2.45, 2.75) is 0 Å². The van der Waals surface area contributed by atoms with Crippen LogP contribution in [0.3, 0.4) is 0 Å². The normalized spacial score (nSPS) is 8.04. The van der Waals surface area contributed by atoms with E-state index in [2.05, 4.69) is 91.0 Å². The summed E-state index contributed by atoms with van der Waals surface area (Å²) in [5.41, 5.74) is 0. The number of hydrogen-bond acceptors (Lipinski definition) is 6. The summed E-state index contributed by atoms with van der Waals surface area (Å²) in [5.74, 6) is 0. The van der Waals surface area contributed by atoms with E-state index < -0.39 is 7.92 Å². The molecule has 6 nitrogen and oxygen atoms in total. The van der Waals surface area contributed by atoms with Crippen LogP contribution in [0.5, 0.6) is 0 Å². The van der Waals surface area contributed by atoms with Crippen molar-refractivity contribution in [3.8, 4) is 0 Å². The van der Waals surface area contributed by atoms with Gasteiger partial charge in [-0.05, 0) is 36.4 Å². The van der Waals surface area contributed by atoms with Gasteiger partial charge in [0.15, 0.2) is 0 Å². The smallest absolute Gasteiger partial charge is 0.222 e. The minimum absolute atomic E-state index is 0.750. The summed E-state index contributed by atoms with van der Waals surface area (Å²) in [6.45, 7) is 0. The summed E-state index contributed by atoms with van der Waals surface area (Å²) in [6.07, 6.45) is 2.25. The van der Waals surface area contributed by atoms with E-state index in [1.54, 1.807) is 0 Å². The van der Waals surface area contributed by atoms with Crippen LogP contribution in [0.1, 0.15) is 0 Å². The van der Waals surface area contributed by atoms with E-state index in [1.807, 2.05) is 0 Å². The fourth-order valence-electron chi connectivity index (χ4n) is 2.31. The predicted molar refractivity (Wildman–Crippen MR) is 112 cm³/mol. The van der Waals surface area contributed by atoms with Gasteiger partial charge in [0.05, 0.1) is 7.92 Å². The Labute approximate surface area is 164 Å². The summed E-state index contributed by atoms with van der Waals surface area (Å²) in [6, 6.07) is 32.5. The van der Waals surface area contributed by atoms with E-state index in [1.165, 1.54) is 15.9 Å². The van der Waals surface area contributed by atoms with Crippen LogP contribution in [-0.2, 0) is 14.4 Å². The molecule has 0 heterocycles. The van der Waals surface area contributed by atoms with Crippen LogP contribution in [0.15, 0.2) is 91.0 Å². The molecular weight excluding hydrogens is 373 g/mol. The highest BCUT2D eigenvalue weighted by molar-refractivity contribution is 7.79. The van der Waals surface area contributed by atoms with E-state index in [4.69, 9.17) is 30.6 Å². The number of hydrogen-bond donors (Lipinski definition) is 3. The Morgan fingerprint density at radius 1 is 0.464 bits per heavy atom. The molecule has 3 aromatic rings. The molecule has 3 aromatic carbocycles. The van der Waals surface area contributed by atoms with Gasteiger partial charge in [0.25, 0.3) is 0 Å². The third kappa shape index (κ3) is 9.65. The van der Waals surface area contributed by atoms with Crippen molar-refractivity contribution in [2.24, 2.45) is 0 Å². The number of carbonyl (C=O) groups excluding carboxylic acids is 3. The van der Waals surface area contributed by atoms with Gasteiger partial charge >= 0.3 is 0 Å². The van der Waals surface area contributed by atoms with E-state index in [9.17, 15) is 0 Å². The molecule has 0 spiro atoms. The van der Waals surface area contributed by atoms with Gasteiger partial charge in [-0.25, -0.2) is 30.6 Å². The van der Waals surface area contributed by atoms with Crippen molar-refractivity contribution in [1.82, 2.24) is 0 Å². The van der Waals surface area contributed by atoms with Crippen molar-refractivity contribution in [1.29, 1.82) is 16.2 Å². The third-order valence-electron chi connectivity index (χ3n) is 3.19. The topological polar surface area (TPSA) is 123 Å². The van der Waals surface area contributed by atoms with Crippen LogP contribution in [-0.4, -0.2) is 18.2 Å². The Morgan fingerprint density at radius 3 is 0.821 bits per heavy atom. The van der Waals surface area contributed by atoms with Crippen molar-refractivity contribution in [3.63, 3.8) is 0 Å². The Hall–Kier alpha value is -3.77. The molecule has 0 aliphatic heterocycles. The first-order valence-electron chi connectivity index (χ1n) is 7.84. The maximum absolute atomic E-state index is 8.35. The second kappa shape index (κ2) is 16.7. The minimum atomic E-state index is -0.877. The quantitative estimate of drug-likeness (QED) is 0.361. The molecule has 0 fully saturated rings. The molecule has 0 amide bonds. The van der Waals surface area contributed by atoms with Crippen LogP contribution in [0.2, 0.25) is 0 Å². The summed E-state index contributed by atoms with van der Waals surface area (Å²) in [5, 5.41) is 20.5. The highest BCUT2D eigenvalue weighted by Gasteiger charge is 2.24. The van der Waals surface area contributed by atoms with Crippen LogP contribution in [0, 0.1) is 16.2 Å². The van der Waals surface area contributed by atoms with Gasteiger partial charge in [0.2, 0.25) is 18.2 Å². The van der Waals surface area contributed by atoms with Crippen LogP contribution < -0.4 is 15.9 Å². The lowest BCUT2D eigenvalue weighted by Crippen LogP contribution is -2.20. The van der Waals surface area contributed by atoms with E-state index >= 15 is 0 Å². The summed E-state index contributed by atoms with van der Waals surface area (Å²) < 4.78 is 0. The highest BCUT2D eigenvalue weighted by atomic mass is 31.1. The van der Waals surface area contributed by atoms with Crippen LogP contribution in [0.4, 0.5) is 0 Å². The lowest BCUT2D eigenvalue weighted by atomic mass is 10.4. The molecule has 0 radical (unpaired) electrons. The minimum Gasteiger partial charge on any atom is -0.222 e. The number of nitrogens with one attached hydrogen (secondary N) is 3. The monoisotopic (exact) mass is 392 g/mol. The molecule has 28 heavy (non-hydrogen) atoms. The maximum atomic E-state index is 8.35. The van der Waals surface area contributed by atoms with E-state index in [0.29, 0.717) is 0 Å².